The van der Waals surface area contributed by atoms with E-state index in [1.54, 1.807) is 7.11 Å². The third-order valence-corrected chi connectivity index (χ3v) is 6.47. The molecule has 1 saturated carbocycles. The first kappa shape index (κ1) is 20.0. The average Bonchev–Trinajstić information content (AvgIpc) is 2.91. The van der Waals surface area contributed by atoms with Crippen molar-refractivity contribution in [1.29, 1.82) is 0 Å². The third kappa shape index (κ3) is 4.40. The van der Waals surface area contributed by atoms with Crippen molar-refractivity contribution in [3.8, 4) is 5.75 Å². The molecule has 27 heavy (non-hydrogen) atoms. The molecule has 1 aliphatic heterocycles. The Morgan fingerprint density at radius 1 is 1.22 bits per heavy atom. The summed E-state index contributed by atoms with van der Waals surface area (Å²) < 4.78 is 5.50. The van der Waals surface area contributed by atoms with Gasteiger partial charge in [-0.3, -0.25) is 14.5 Å². The van der Waals surface area contributed by atoms with Crippen LogP contribution in [0.25, 0.3) is 6.08 Å². The Labute approximate surface area is 166 Å². The van der Waals surface area contributed by atoms with Gasteiger partial charge in [0.05, 0.1) is 12.0 Å². The van der Waals surface area contributed by atoms with Crippen LogP contribution in [-0.2, 0) is 4.79 Å². The highest BCUT2D eigenvalue weighted by molar-refractivity contribution is 8.18. The number of nitrogens with zero attached hydrogens (tertiary/aromatic N) is 1. The minimum Gasteiger partial charge on any atom is -0.496 e. The molecule has 0 aromatic heterocycles. The van der Waals surface area contributed by atoms with Gasteiger partial charge in [-0.2, -0.15) is 0 Å². The molecule has 1 aromatic carbocycles. The monoisotopic (exact) mass is 387 g/mol. The Balaban J connectivity index is 1.84. The van der Waals surface area contributed by atoms with Gasteiger partial charge < -0.3 is 4.74 Å². The molecule has 0 bridgehead atoms. The highest BCUT2D eigenvalue weighted by Gasteiger charge is 2.36. The number of thioether (sulfide) groups is 1. The van der Waals surface area contributed by atoms with Crippen molar-refractivity contribution in [2.24, 2.45) is 5.92 Å². The first-order valence-corrected chi connectivity index (χ1v) is 10.7. The Hall–Kier alpha value is -1.75. The van der Waals surface area contributed by atoms with Crippen LogP contribution in [0.1, 0.15) is 68.6 Å². The molecule has 3 rings (SSSR count). The van der Waals surface area contributed by atoms with E-state index in [-0.39, 0.29) is 11.1 Å². The number of methoxy groups -OCH3 is 1. The lowest BCUT2D eigenvalue weighted by Crippen LogP contribution is -2.34. The van der Waals surface area contributed by atoms with E-state index in [1.807, 2.05) is 19.1 Å². The predicted octanol–water partition coefficient (Wildman–Crippen LogP) is 5.74. The summed E-state index contributed by atoms with van der Waals surface area (Å²) in [5.41, 5.74) is 3.12. The quantitative estimate of drug-likeness (QED) is 0.604. The largest absolute Gasteiger partial charge is 0.496 e. The molecule has 1 heterocycles. The number of amides is 2. The number of carbonyl (C=O) groups excluding carboxylic acids is 2. The fourth-order valence-corrected chi connectivity index (χ4v) is 4.76. The van der Waals surface area contributed by atoms with E-state index in [0.717, 1.165) is 47.0 Å². The Kier molecular flexibility index (Phi) is 6.30. The number of carbonyl (C=O) groups is 2. The van der Waals surface area contributed by atoms with E-state index in [0.29, 0.717) is 23.3 Å². The summed E-state index contributed by atoms with van der Waals surface area (Å²) in [5, 5.41) is -0.132. The molecule has 2 amide bonds. The van der Waals surface area contributed by atoms with Gasteiger partial charge in [-0.1, -0.05) is 33.1 Å². The number of benzene rings is 1. The van der Waals surface area contributed by atoms with Crippen LogP contribution < -0.4 is 4.74 Å². The molecule has 2 aliphatic rings. The molecule has 0 atom stereocenters. The second-order valence-corrected chi connectivity index (χ2v) is 8.89. The third-order valence-electron chi connectivity index (χ3n) is 5.57. The second kappa shape index (κ2) is 8.51. The standard InChI is InChI=1S/C22H29NO3S/c1-14(2)18-11-17(15(3)10-19(18)26-4)12-20-21(24)23(22(25)27-20)13-16-8-6-5-7-9-16/h10-12,14,16H,5-9,13H2,1-4H3/b20-12+. The molecule has 4 nitrogen and oxygen atoms in total. The van der Waals surface area contributed by atoms with E-state index in [4.69, 9.17) is 4.74 Å². The smallest absolute Gasteiger partial charge is 0.293 e. The molecule has 5 heteroatoms. The maximum Gasteiger partial charge on any atom is 0.293 e. The minimum atomic E-state index is -0.142. The summed E-state index contributed by atoms with van der Waals surface area (Å²) in [6.07, 6.45) is 7.80. The van der Waals surface area contributed by atoms with Gasteiger partial charge in [0.15, 0.2) is 0 Å². The van der Waals surface area contributed by atoms with Crippen LogP contribution in [0.2, 0.25) is 0 Å². The number of ether oxygens (including phenoxy) is 1. The summed E-state index contributed by atoms with van der Waals surface area (Å²) in [5.74, 6) is 1.50. The molecule has 146 valence electrons. The summed E-state index contributed by atoms with van der Waals surface area (Å²) in [7, 11) is 1.68. The molecule has 1 saturated heterocycles. The van der Waals surface area contributed by atoms with Crippen LogP contribution in [0, 0.1) is 12.8 Å². The molecular weight excluding hydrogens is 358 g/mol. The number of aryl methyl sites for hydroxylation is 1. The fraction of sp³-hybridized carbons (Fsp3) is 0.545. The van der Waals surface area contributed by atoms with Crippen LogP contribution in [0.3, 0.4) is 0 Å². The molecule has 2 fully saturated rings. The van der Waals surface area contributed by atoms with Gasteiger partial charge in [-0.25, -0.2) is 0 Å². The lowest BCUT2D eigenvalue weighted by Gasteiger charge is -2.25. The first-order valence-electron chi connectivity index (χ1n) is 9.84. The Bertz CT molecular complexity index is 763. The van der Waals surface area contributed by atoms with Gasteiger partial charge >= 0.3 is 0 Å². The summed E-state index contributed by atoms with van der Waals surface area (Å²) >= 11 is 1.07. The Morgan fingerprint density at radius 2 is 1.93 bits per heavy atom. The maximum absolute atomic E-state index is 12.8. The number of rotatable bonds is 5. The van der Waals surface area contributed by atoms with Gasteiger partial charge in [-0.15, -0.1) is 0 Å². The van der Waals surface area contributed by atoms with Crippen molar-refractivity contribution < 1.29 is 14.3 Å². The van der Waals surface area contributed by atoms with Crippen molar-refractivity contribution in [3.63, 3.8) is 0 Å². The predicted molar refractivity (Wildman–Crippen MR) is 111 cm³/mol. The number of hydrogen-bond donors (Lipinski definition) is 0. The fourth-order valence-electron chi connectivity index (χ4n) is 3.93. The van der Waals surface area contributed by atoms with E-state index in [1.165, 1.54) is 24.2 Å². The van der Waals surface area contributed by atoms with Crippen LogP contribution in [0.4, 0.5) is 4.79 Å². The summed E-state index contributed by atoms with van der Waals surface area (Å²) in [6.45, 7) is 6.82. The van der Waals surface area contributed by atoms with E-state index in [9.17, 15) is 9.59 Å². The van der Waals surface area contributed by atoms with Gasteiger partial charge in [0, 0.05) is 6.54 Å². The average molecular weight is 388 g/mol. The van der Waals surface area contributed by atoms with Crippen LogP contribution >= 0.6 is 11.8 Å². The molecule has 1 aromatic rings. The van der Waals surface area contributed by atoms with Crippen molar-refractivity contribution in [1.82, 2.24) is 4.90 Å². The van der Waals surface area contributed by atoms with Gasteiger partial charge in [0.25, 0.3) is 11.1 Å². The van der Waals surface area contributed by atoms with Crippen molar-refractivity contribution >= 4 is 29.0 Å². The number of imide groups is 1. The highest BCUT2D eigenvalue weighted by atomic mass is 32.2. The lowest BCUT2D eigenvalue weighted by molar-refractivity contribution is -0.123. The normalized spacial score (nSPS) is 20.2. The maximum atomic E-state index is 12.8. The van der Waals surface area contributed by atoms with Gasteiger partial charge in [0.2, 0.25) is 0 Å². The molecule has 0 spiro atoms. The van der Waals surface area contributed by atoms with Gasteiger partial charge in [-0.05, 0) is 78.3 Å². The molecule has 1 aliphatic carbocycles. The lowest BCUT2D eigenvalue weighted by atomic mass is 9.89. The zero-order valence-electron chi connectivity index (χ0n) is 16.7. The zero-order chi connectivity index (χ0) is 19.6. The van der Waals surface area contributed by atoms with Crippen molar-refractivity contribution in [3.05, 3.63) is 33.7 Å². The molecule has 0 unspecified atom stereocenters. The SMILES string of the molecule is COc1cc(C)c(/C=C2/SC(=O)N(CC3CCCCC3)C2=O)cc1C(C)C. The van der Waals surface area contributed by atoms with Crippen LogP contribution in [0.15, 0.2) is 17.0 Å². The van der Waals surface area contributed by atoms with E-state index >= 15 is 0 Å². The minimum absolute atomic E-state index is 0.132. The first-order chi connectivity index (χ1) is 12.9. The van der Waals surface area contributed by atoms with Crippen molar-refractivity contribution in [2.75, 3.05) is 13.7 Å². The second-order valence-electron chi connectivity index (χ2n) is 7.90. The van der Waals surface area contributed by atoms with Gasteiger partial charge in [0.1, 0.15) is 5.75 Å². The van der Waals surface area contributed by atoms with Crippen LogP contribution in [-0.4, -0.2) is 29.7 Å². The summed E-state index contributed by atoms with van der Waals surface area (Å²) in [4.78, 5) is 27.2. The molecule has 0 N–H and O–H groups in total. The summed E-state index contributed by atoms with van der Waals surface area (Å²) in [6, 6.07) is 4.08. The zero-order valence-corrected chi connectivity index (χ0v) is 17.5. The molecular formula is C22H29NO3S. The molecule has 0 radical (unpaired) electrons. The Morgan fingerprint density at radius 3 is 2.56 bits per heavy atom. The van der Waals surface area contributed by atoms with E-state index in [2.05, 4.69) is 19.9 Å². The number of hydrogen-bond acceptors (Lipinski definition) is 4. The van der Waals surface area contributed by atoms with E-state index < -0.39 is 0 Å². The highest BCUT2D eigenvalue weighted by Crippen LogP contribution is 2.37. The van der Waals surface area contributed by atoms with Crippen molar-refractivity contribution in [2.45, 2.75) is 58.8 Å². The van der Waals surface area contributed by atoms with Crippen LogP contribution in [0.5, 0.6) is 5.75 Å². The topological polar surface area (TPSA) is 46.6 Å².